The lowest BCUT2D eigenvalue weighted by Crippen LogP contribution is -2.49. The minimum atomic E-state index is -3.20. The minimum absolute atomic E-state index is 0.0423. The number of hydrogen-bond acceptors (Lipinski definition) is 3. The predicted molar refractivity (Wildman–Crippen MR) is 93.8 cm³/mol. The molecule has 1 N–H and O–H groups in total. The third-order valence-corrected chi connectivity index (χ3v) is 6.79. The molecule has 1 saturated carbocycles. The summed E-state index contributed by atoms with van der Waals surface area (Å²) >= 11 is 0. The molecule has 2 fully saturated rings. The molecular weight excluding hydrogens is 343 g/mol. The van der Waals surface area contributed by atoms with E-state index in [-0.39, 0.29) is 17.6 Å². The maximum absolute atomic E-state index is 13.7. The number of halogens is 1. The van der Waals surface area contributed by atoms with Gasteiger partial charge in [-0.1, -0.05) is 25.0 Å². The number of benzene rings is 1. The normalized spacial score (nSPS) is 22.0. The molecule has 1 aliphatic carbocycles. The molecule has 1 aromatic carbocycles. The number of piperidine rings is 1. The predicted octanol–water partition coefficient (Wildman–Crippen LogP) is 2.38. The topological polar surface area (TPSA) is 66.5 Å². The highest BCUT2D eigenvalue weighted by molar-refractivity contribution is 7.88. The van der Waals surface area contributed by atoms with Gasteiger partial charge in [0.2, 0.25) is 15.9 Å². The summed E-state index contributed by atoms with van der Waals surface area (Å²) < 4.78 is 38.3. The number of rotatable bonds is 4. The Labute approximate surface area is 148 Å². The molecule has 1 heterocycles. The molecule has 0 aromatic heterocycles. The summed E-state index contributed by atoms with van der Waals surface area (Å²) in [4.78, 5) is 12.8. The third-order valence-electron chi connectivity index (χ3n) is 5.49. The van der Waals surface area contributed by atoms with Gasteiger partial charge in [0.15, 0.2) is 0 Å². The van der Waals surface area contributed by atoms with Gasteiger partial charge in [-0.2, -0.15) is 0 Å². The van der Waals surface area contributed by atoms with Crippen LogP contribution >= 0.6 is 0 Å². The first-order chi connectivity index (χ1) is 11.8. The highest BCUT2D eigenvalue weighted by Crippen LogP contribution is 2.39. The van der Waals surface area contributed by atoms with Crippen molar-refractivity contribution in [3.05, 3.63) is 35.6 Å². The molecule has 0 unspecified atom stereocenters. The second-order valence-corrected chi connectivity index (χ2v) is 9.21. The van der Waals surface area contributed by atoms with Crippen LogP contribution in [0.4, 0.5) is 4.39 Å². The van der Waals surface area contributed by atoms with E-state index in [0.29, 0.717) is 25.9 Å². The summed E-state index contributed by atoms with van der Waals surface area (Å²) in [7, 11) is -3.20. The Morgan fingerprint density at radius 2 is 1.88 bits per heavy atom. The van der Waals surface area contributed by atoms with Crippen LogP contribution in [-0.4, -0.2) is 38.0 Å². The molecule has 0 atom stereocenters. The van der Waals surface area contributed by atoms with Crippen molar-refractivity contribution in [2.24, 2.45) is 5.92 Å². The maximum Gasteiger partial charge on any atom is 0.223 e. The number of nitrogens with one attached hydrogen (secondary N) is 1. The van der Waals surface area contributed by atoms with Crippen molar-refractivity contribution < 1.29 is 17.6 Å². The van der Waals surface area contributed by atoms with Gasteiger partial charge in [0, 0.05) is 19.0 Å². The van der Waals surface area contributed by atoms with Gasteiger partial charge in [0.05, 0.1) is 11.8 Å². The first-order valence-corrected chi connectivity index (χ1v) is 10.7. The highest BCUT2D eigenvalue weighted by atomic mass is 32.2. The number of hydrogen-bond donors (Lipinski definition) is 1. The Bertz CT molecular complexity index is 736. The number of sulfonamides is 1. The molecule has 0 spiro atoms. The van der Waals surface area contributed by atoms with Crippen molar-refractivity contribution >= 4 is 15.9 Å². The van der Waals surface area contributed by atoms with Gasteiger partial charge in [-0.05, 0) is 43.4 Å². The molecule has 3 rings (SSSR count). The summed E-state index contributed by atoms with van der Waals surface area (Å²) in [5.41, 5.74) is 0.333. The number of carbonyl (C=O) groups is 1. The van der Waals surface area contributed by atoms with E-state index < -0.39 is 15.6 Å². The molecule has 25 heavy (non-hydrogen) atoms. The average molecular weight is 368 g/mol. The Hall–Kier alpha value is -1.47. The van der Waals surface area contributed by atoms with Crippen LogP contribution in [0, 0.1) is 11.7 Å². The molecule has 2 aliphatic rings. The van der Waals surface area contributed by atoms with Crippen LogP contribution in [0.25, 0.3) is 0 Å². The zero-order valence-corrected chi connectivity index (χ0v) is 15.3. The Morgan fingerprint density at radius 1 is 1.24 bits per heavy atom. The third kappa shape index (κ3) is 4.03. The monoisotopic (exact) mass is 368 g/mol. The van der Waals surface area contributed by atoms with Crippen molar-refractivity contribution in [2.45, 2.75) is 44.1 Å². The fourth-order valence-electron chi connectivity index (χ4n) is 4.04. The molecule has 1 amide bonds. The van der Waals surface area contributed by atoms with Gasteiger partial charge in [-0.3, -0.25) is 4.79 Å². The zero-order valence-electron chi connectivity index (χ0n) is 14.5. The van der Waals surface area contributed by atoms with Gasteiger partial charge in [0.25, 0.3) is 0 Å². The van der Waals surface area contributed by atoms with E-state index in [9.17, 15) is 17.6 Å². The van der Waals surface area contributed by atoms with E-state index in [1.807, 2.05) is 6.07 Å². The summed E-state index contributed by atoms with van der Waals surface area (Å²) in [6.45, 7) is 0.758. The largest absolute Gasteiger partial charge is 0.346 e. The van der Waals surface area contributed by atoms with Crippen molar-refractivity contribution in [2.75, 3.05) is 19.3 Å². The van der Waals surface area contributed by atoms with Crippen LogP contribution in [0.2, 0.25) is 0 Å². The van der Waals surface area contributed by atoms with Crippen LogP contribution in [0.5, 0.6) is 0 Å². The Balaban J connectivity index is 1.70. The Kier molecular flexibility index (Phi) is 5.16. The fraction of sp³-hybridized carbons (Fsp3) is 0.611. The fourth-order valence-corrected chi connectivity index (χ4v) is 4.91. The summed E-state index contributed by atoms with van der Waals surface area (Å²) in [6.07, 6.45) is 5.88. The summed E-state index contributed by atoms with van der Waals surface area (Å²) in [5, 5.41) is 3.19. The second kappa shape index (κ2) is 7.03. The summed E-state index contributed by atoms with van der Waals surface area (Å²) in [5.74, 6) is -0.525. The molecule has 1 saturated heterocycles. The van der Waals surface area contributed by atoms with Crippen LogP contribution in [-0.2, 0) is 20.4 Å². The van der Waals surface area contributed by atoms with Crippen LogP contribution in [0.1, 0.15) is 44.1 Å². The lowest BCUT2D eigenvalue weighted by molar-refractivity contribution is -0.128. The van der Waals surface area contributed by atoms with Crippen molar-refractivity contribution in [3.63, 3.8) is 0 Å². The van der Waals surface area contributed by atoms with Gasteiger partial charge >= 0.3 is 0 Å². The highest BCUT2D eigenvalue weighted by Gasteiger charge is 2.39. The van der Waals surface area contributed by atoms with Crippen LogP contribution in [0.3, 0.4) is 0 Å². The molecule has 7 heteroatoms. The van der Waals surface area contributed by atoms with Gasteiger partial charge in [-0.25, -0.2) is 17.1 Å². The first-order valence-electron chi connectivity index (χ1n) is 8.83. The smallest absolute Gasteiger partial charge is 0.223 e. The van der Waals surface area contributed by atoms with Crippen LogP contribution in [0.15, 0.2) is 24.3 Å². The lowest BCUT2D eigenvalue weighted by Gasteiger charge is -2.35. The second-order valence-electron chi connectivity index (χ2n) is 7.23. The van der Waals surface area contributed by atoms with E-state index in [1.165, 1.54) is 22.7 Å². The van der Waals surface area contributed by atoms with E-state index in [4.69, 9.17) is 0 Å². The average Bonchev–Trinajstić information content (AvgIpc) is 3.04. The van der Waals surface area contributed by atoms with Gasteiger partial charge in [-0.15, -0.1) is 0 Å². The molecule has 0 radical (unpaired) electrons. The first kappa shape index (κ1) is 18.3. The maximum atomic E-state index is 13.7. The summed E-state index contributed by atoms with van der Waals surface area (Å²) in [6, 6.07) is 6.48. The number of nitrogens with zero attached hydrogens (tertiary/aromatic N) is 1. The van der Waals surface area contributed by atoms with Gasteiger partial charge < -0.3 is 5.32 Å². The number of amides is 1. The molecule has 0 bridgehead atoms. The molecule has 1 aromatic rings. The molecule has 138 valence electrons. The van der Waals surface area contributed by atoms with Crippen LogP contribution < -0.4 is 5.32 Å². The van der Waals surface area contributed by atoms with E-state index in [1.54, 1.807) is 6.07 Å². The zero-order chi connectivity index (χ0) is 18.1. The lowest BCUT2D eigenvalue weighted by atomic mass is 9.86. The van der Waals surface area contributed by atoms with Crippen molar-refractivity contribution in [1.82, 2.24) is 9.62 Å². The van der Waals surface area contributed by atoms with E-state index >= 15 is 0 Å². The van der Waals surface area contributed by atoms with Crippen molar-refractivity contribution in [3.8, 4) is 0 Å². The van der Waals surface area contributed by atoms with E-state index in [2.05, 4.69) is 5.32 Å². The van der Waals surface area contributed by atoms with Crippen molar-refractivity contribution in [1.29, 1.82) is 0 Å². The van der Waals surface area contributed by atoms with E-state index in [0.717, 1.165) is 31.2 Å². The quantitative estimate of drug-likeness (QED) is 0.887. The minimum Gasteiger partial charge on any atom is -0.346 e. The SMILES string of the molecule is CS(=O)(=O)N1CCC(C(=O)NC2(c3cccc(F)c3)CCCC2)CC1. The molecule has 1 aliphatic heterocycles. The Morgan fingerprint density at radius 3 is 2.44 bits per heavy atom. The molecular formula is C18H25FN2O3S. The van der Waals surface area contributed by atoms with Gasteiger partial charge in [0.1, 0.15) is 5.82 Å². The standard InChI is InChI=1S/C18H25FN2O3S/c1-25(23,24)21-11-7-14(8-12-21)17(22)20-18(9-2-3-10-18)15-5-4-6-16(19)13-15/h4-6,13-14H,2-3,7-12H2,1H3,(H,20,22). The molecule has 5 nitrogen and oxygen atoms in total. The number of carbonyl (C=O) groups excluding carboxylic acids is 1.